The van der Waals surface area contributed by atoms with Crippen molar-refractivity contribution >= 4 is 49.0 Å². The van der Waals surface area contributed by atoms with Crippen molar-refractivity contribution in [3.8, 4) is 0 Å². The highest BCUT2D eigenvalue weighted by Crippen LogP contribution is 2.24. The SMILES string of the molecule is C[C@@H](C(=O)N1CCN(c2ccc(S(=O)(=O)Nc3nccs3)cc2)CC1)n1ccc2ccccc21.[HH].[HH]. The second-order valence-corrected chi connectivity index (χ2v) is 10.8. The number of piperazine rings is 1. The molecule has 1 N–H and O–H groups in total. The number of fused-ring (bicyclic) bond motifs is 1. The molecule has 0 aliphatic carbocycles. The Hall–Kier alpha value is -3.37. The molecule has 180 valence electrons. The van der Waals surface area contributed by atoms with E-state index in [1.165, 1.54) is 11.3 Å². The Bertz CT molecular complexity index is 1400. The lowest BCUT2D eigenvalue weighted by atomic mass is 10.2. The number of nitrogens with zero attached hydrogens (tertiary/aromatic N) is 4. The van der Waals surface area contributed by atoms with Crippen LogP contribution in [0.15, 0.2) is 77.3 Å². The van der Waals surface area contributed by atoms with E-state index in [-0.39, 0.29) is 19.7 Å². The molecule has 3 heterocycles. The van der Waals surface area contributed by atoms with Crippen LogP contribution in [0.25, 0.3) is 10.9 Å². The second kappa shape index (κ2) is 9.11. The van der Waals surface area contributed by atoms with E-state index in [0.29, 0.717) is 31.3 Å². The van der Waals surface area contributed by atoms with Crippen LogP contribution >= 0.6 is 11.3 Å². The fraction of sp³-hybridized carbons (Fsp3) is 0.250. The molecule has 1 aliphatic heterocycles. The van der Waals surface area contributed by atoms with E-state index in [9.17, 15) is 13.2 Å². The van der Waals surface area contributed by atoms with Crippen LogP contribution in [0.1, 0.15) is 15.8 Å². The summed E-state index contributed by atoms with van der Waals surface area (Å²) in [5, 5.41) is 3.18. The molecule has 0 unspecified atom stereocenters. The highest BCUT2D eigenvalue weighted by molar-refractivity contribution is 7.93. The zero-order valence-corrected chi connectivity index (χ0v) is 20.3. The zero-order valence-electron chi connectivity index (χ0n) is 18.7. The molecule has 1 amide bonds. The van der Waals surface area contributed by atoms with Gasteiger partial charge in [0.25, 0.3) is 10.0 Å². The van der Waals surface area contributed by atoms with Crippen LogP contribution in [0.3, 0.4) is 0 Å². The van der Waals surface area contributed by atoms with Gasteiger partial charge in [-0.25, -0.2) is 13.4 Å². The number of carbonyl (C=O) groups excluding carboxylic acids is 1. The first-order chi connectivity index (χ1) is 16.4. The Balaban J connectivity index is 0.00000180. The Morgan fingerprint density at radius 2 is 1.79 bits per heavy atom. The largest absolute Gasteiger partial charge is 0.368 e. The van der Waals surface area contributed by atoms with E-state index in [1.807, 2.05) is 65.1 Å². The van der Waals surface area contributed by atoms with Gasteiger partial charge in [-0.3, -0.25) is 9.52 Å². The molecule has 10 heteroatoms. The number of benzene rings is 2. The smallest absolute Gasteiger partial charge is 0.263 e. The summed E-state index contributed by atoms with van der Waals surface area (Å²) in [7, 11) is -3.67. The van der Waals surface area contributed by atoms with Gasteiger partial charge in [-0.15, -0.1) is 11.3 Å². The summed E-state index contributed by atoms with van der Waals surface area (Å²) in [5.41, 5.74) is 1.99. The standard InChI is InChI=1S/C24H25N5O3S2.2H2/c1-18(29-12-10-19-4-2-3-5-22(19)29)23(30)28-15-13-27(14-16-28)20-6-8-21(9-7-20)34(31,32)26-24-25-11-17-33-24;;/h2-12,17-18H,13-16H2,1H3,(H,25,26);2*1H/t18-;;/m0../s1. The molecular weight excluding hydrogens is 470 g/mol. The summed E-state index contributed by atoms with van der Waals surface area (Å²) in [5.74, 6) is 0.107. The average Bonchev–Trinajstić information content (AvgIpc) is 3.53. The molecule has 2 aromatic carbocycles. The molecule has 1 atom stereocenters. The van der Waals surface area contributed by atoms with Crippen molar-refractivity contribution in [1.29, 1.82) is 0 Å². The molecule has 0 saturated carbocycles. The molecule has 1 aliphatic rings. The van der Waals surface area contributed by atoms with Crippen molar-refractivity contribution < 1.29 is 16.1 Å². The Kier molecular flexibility index (Phi) is 6.01. The van der Waals surface area contributed by atoms with Crippen molar-refractivity contribution in [3.05, 3.63) is 72.4 Å². The van der Waals surface area contributed by atoms with E-state index >= 15 is 0 Å². The van der Waals surface area contributed by atoms with Gasteiger partial charge in [0.2, 0.25) is 5.91 Å². The van der Waals surface area contributed by atoms with E-state index in [4.69, 9.17) is 0 Å². The topological polar surface area (TPSA) is 87.5 Å². The van der Waals surface area contributed by atoms with Gasteiger partial charge in [0, 0.05) is 58.0 Å². The maximum atomic E-state index is 13.2. The quantitative estimate of drug-likeness (QED) is 0.427. The average molecular weight is 500 g/mol. The monoisotopic (exact) mass is 499 g/mol. The molecule has 0 spiro atoms. The number of amides is 1. The minimum Gasteiger partial charge on any atom is -0.368 e. The molecule has 1 fully saturated rings. The number of nitrogens with one attached hydrogen (secondary N) is 1. The van der Waals surface area contributed by atoms with Crippen LogP contribution in [0, 0.1) is 0 Å². The minimum atomic E-state index is -3.67. The summed E-state index contributed by atoms with van der Waals surface area (Å²) < 4.78 is 29.6. The molecular formula is C24H29N5O3S2. The van der Waals surface area contributed by atoms with Crippen molar-refractivity contribution in [2.45, 2.75) is 17.9 Å². The first-order valence-electron chi connectivity index (χ1n) is 11.0. The predicted molar refractivity (Wildman–Crippen MR) is 139 cm³/mol. The predicted octanol–water partition coefficient (Wildman–Crippen LogP) is 4.30. The Morgan fingerprint density at radius 1 is 1.06 bits per heavy atom. The van der Waals surface area contributed by atoms with Crippen LogP contribution in [0.5, 0.6) is 0 Å². The third-order valence-electron chi connectivity index (χ3n) is 6.16. The first-order valence-corrected chi connectivity index (χ1v) is 13.4. The molecule has 8 nitrogen and oxygen atoms in total. The Morgan fingerprint density at radius 3 is 2.50 bits per heavy atom. The van der Waals surface area contributed by atoms with Gasteiger partial charge in [0.15, 0.2) is 5.13 Å². The summed E-state index contributed by atoms with van der Waals surface area (Å²) in [6, 6.07) is 16.6. The van der Waals surface area contributed by atoms with Gasteiger partial charge in [-0.2, -0.15) is 0 Å². The van der Waals surface area contributed by atoms with E-state index in [1.54, 1.807) is 23.7 Å². The molecule has 5 rings (SSSR count). The van der Waals surface area contributed by atoms with Gasteiger partial charge in [0.1, 0.15) is 6.04 Å². The third-order valence-corrected chi connectivity index (χ3v) is 8.33. The first kappa shape index (κ1) is 22.4. The van der Waals surface area contributed by atoms with Gasteiger partial charge < -0.3 is 14.4 Å². The van der Waals surface area contributed by atoms with Crippen LogP contribution in [0.2, 0.25) is 0 Å². The van der Waals surface area contributed by atoms with E-state index in [0.717, 1.165) is 16.6 Å². The number of anilines is 2. The summed E-state index contributed by atoms with van der Waals surface area (Å²) in [6.45, 7) is 4.56. The van der Waals surface area contributed by atoms with Crippen LogP contribution in [0.4, 0.5) is 10.8 Å². The number of hydrogen-bond acceptors (Lipinski definition) is 6. The van der Waals surface area contributed by atoms with Crippen molar-refractivity contribution in [2.75, 3.05) is 35.8 Å². The molecule has 2 aromatic heterocycles. The van der Waals surface area contributed by atoms with Crippen molar-refractivity contribution in [2.24, 2.45) is 0 Å². The number of sulfonamides is 1. The van der Waals surface area contributed by atoms with Crippen LogP contribution in [-0.4, -0.2) is 55.0 Å². The molecule has 34 heavy (non-hydrogen) atoms. The van der Waals surface area contributed by atoms with Gasteiger partial charge in [-0.05, 0) is 48.7 Å². The van der Waals surface area contributed by atoms with Crippen LogP contribution in [-0.2, 0) is 14.8 Å². The van der Waals surface area contributed by atoms with Crippen LogP contribution < -0.4 is 9.62 Å². The highest BCUT2D eigenvalue weighted by Gasteiger charge is 2.26. The van der Waals surface area contributed by atoms with Gasteiger partial charge in [-0.1, -0.05) is 18.2 Å². The fourth-order valence-electron chi connectivity index (χ4n) is 4.29. The summed E-state index contributed by atoms with van der Waals surface area (Å²) in [4.78, 5) is 21.4. The zero-order chi connectivity index (χ0) is 23.7. The number of carbonyl (C=O) groups is 1. The normalized spacial score (nSPS) is 15.4. The molecule has 1 saturated heterocycles. The van der Waals surface area contributed by atoms with Gasteiger partial charge >= 0.3 is 0 Å². The molecule has 0 radical (unpaired) electrons. The maximum Gasteiger partial charge on any atom is 0.263 e. The lowest BCUT2D eigenvalue weighted by Gasteiger charge is -2.37. The molecule has 4 aromatic rings. The third kappa shape index (κ3) is 4.38. The van der Waals surface area contributed by atoms with Crippen molar-refractivity contribution in [3.63, 3.8) is 0 Å². The lowest BCUT2D eigenvalue weighted by molar-refractivity contribution is -0.134. The summed E-state index contributed by atoms with van der Waals surface area (Å²) in [6.07, 6.45) is 3.53. The second-order valence-electron chi connectivity index (χ2n) is 8.21. The Labute approximate surface area is 205 Å². The number of thiazole rings is 1. The maximum absolute atomic E-state index is 13.2. The number of hydrogen-bond donors (Lipinski definition) is 1. The fourth-order valence-corrected chi connectivity index (χ4v) is 6.08. The number of rotatable bonds is 6. The molecule has 0 bridgehead atoms. The van der Waals surface area contributed by atoms with E-state index in [2.05, 4.69) is 14.6 Å². The number of para-hydroxylation sites is 1. The van der Waals surface area contributed by atoms with Crippen molar-refractivity contribution in [1.82, 2.24) is 14.5 Å². The van der Waals surface area contributed by atoms with Gasteiger partial charge in [0.05, 0.1) is 4.90 Å². The highest BCUT2D eigenvalue weighted by atomic mass is 32.2. The number of aromatic nitrogens is 2. The lowest BCUT2D eigenvalue weighted by Crippen LogP contribution is -2.50. The van der Waals surface area contributed by atoms with E-state index < -0.39 is 10.0 Å². The minimum absolute atomic E-state index is 0. The summed E-state index contributed by atoms with van der Waals surface area (Å²) >= 11 is 1.23.